The van der Waals surface area contributed by atoms with Crippen molar-refractivity contribution >= 4 is 0 Å². The van der Waals surface area contributed by atoms with Gasteiger partial charge in [-0.25, -0.2) is 4.98 Å². The Hall–Kier alpha value is -1.84. The maximum absolute atomic E-state index is 5.01. The smallest absolute Gasteiger partial charge is 0.212 e. The van der Waals surface area contributed by atoms with Gasteiger partial charge in [0, 0.05) is 31.4 Å². The van der Waals surface area contributed by atoms with Gasteiger partial charge in [-0.2, -0.15) is 5.10 Å². The van der Waals surface area contributed by atoms with Crippen LogP contribution in [-0.4, -0.2) is 21.9 Å². The van der Waals surface area contributed by atoms with E-state index in [1.54, 1.807) is 7.11 Å². The Morgan fingerprint density at radius 1 is 1.25 bits per heavy atom. The van der Waals surface area contributed by atoms with Crippen molar-refractivity contribution in [1.29, 1.82) is 0 Å². The lowest BCUT2D eigenvalue weighted by Crippen LogP contribution is -1.93. The van der Waals surface area contributed by atoms with Crippen molar-refractivity contribution in [2.75, 3.05) is 7.11 Å². The minimum Gasteiger partial charge on any atom is -0.481 e. The Bertz CT molecular complexity index is 448. The normalized spacial score (nSPS) is 10.4. The molecule has 0 saturated heterocycles. The number of nitrogens with zero attached hydrogens (tertiary/aromatic N) is 3. The number of ether oxygens (including phenoxy) is 1. The van der Waals surface area contributed by atoms with Crippen LogP contribution in [0.2, 0.25) is 0 Å². The fourth-order valence-corrected chi connectivity index (χ4v) is 1.54. The molecule has 0 bridgehead atoms. The number of pyridine rings is 1. The Morgan fingerprint density at radius 2 is 2.12 bits per heavy atom. The first-order valence-electron chi connectivity index (χ1n) is 5.32. The first kappa shape index (κ1) is 10.7. The summed E-state index contributed by atoms with van der Waals surface area (Å²) in [5.74, 6) is 0.646. The monoisotopic (exact) mass is 217 g/mol. The Kier molecular flexibility index (Phi) is 3.19. The number of hydrogen-bond donors (Lipinski definition) is 0. The summed E-state index contributed by atoms with van der Waals surface area (Å²) in [6.45, 7) is 2.98. The van der Waals surface area contributed by atoms with Gasteiger partial charge in [-0.1, -0.05) is 6.07 Å². The highest BCUT2D eigenvalue weighted by Crippen LogP contribution is 2.11. The van der Waals surface area contributed by atoms with Crippen molar-refractivity contribution in [3.05, 3.63) is 41.9 Å². The van der Waals surface area contributed by atoms with Crippen molar-refractivity contribution in [2.45, 2.75) is 19.9 Å². The summed E-state index contributed by atoms with van der Waals surface area (Å²) in [6, 6.07) is 3.90. The van der Waals surface area contributed by atoms with Gasteiger partial charge in [-0.05, 0) is 18.1 Å². The first-order valence-corrected chi connectivity index (χ1v) is 5.32. The largest absolute Gasteiger partial charge is 0.481 e. The molecule has 0 atom stereocenters. The van der Waals surface area contributed by atoms with Crippen LogP contribution in [0.5, 0.6) is 5.88 Å². The second kappa shape index (κ2) is 4.79. The second-order valence-corrected chi connectivity index (χ2v) is 3.59. The molecular formula is C12H15N3O. The average molecular weight is 217 g/mol. The summed E-state index contributed by atoms with van der Waals surface area (Å²) >= 11 is 0. The van der Waals surface area contributed by atoms with Gasteiger partial charge in [0.2, 0.25) is 5.88 Å². The van der Waals surface area contributed by atoms with Gasteiger partial charge < -0.3 is 4.74 Å². The molecule has 0 radical (unpaired) electrons. The van der Waals surface area contributed by atoms with Gasteiger partial charge in [-0.3, -0.25) is 4.68 Å². The average Bonchev–Trinajstić information content (AvgIpc) is 2.78. The fraction of sp³-hybridized carbons (Fsp3) is 0.333. The number of rotatable bonds is 4. The fourth-order valence-electron chi connectivity index (χ4n) is 1.54. The van der Waals surface area contributed by atoms with Crippen molar-refractivity contribution < 1.29 is 4.74 Å². The summed E-state index contributed by atoms with van der Waals surface area (Å²) < 4.78 is 6.94. The van der Waals surface area contributed by atoms with Gasteiger partial charge in [0.25, 0.3) is 0 Å². The van der Waals surface area contributed by atoms with Gasteiger partial charge in [0.15, 0.2) is 0 Å². The van der Waals surface area contributed by atoms with Crippen molar-refractivity contribution in [3.8, 4) is 5.88 Å². The predicted molar refractivity (Wildman–Crippen MR) is 61.5 cm³/mol. The molecule has 0 fully saturated rings. The molecule has 0 aliphatic carbocycles. The van der Waals surface area contributed by atoms with E-state index >= 15 is 0 Å². The third kappa shape index (κ3) is 2.39. The minimum absolute atomic E-state index is 0.646. The molecule has 84 valence electrons. The summed E-state index contributed by atoms with van der Waals surface area (Å²) in [4.78, 5) is 4.17. The lowest BCUT2D eigenvalue weighted by Gasteiger charge is -2.00. The van der Waals surface area contributed by atoms with Crippen molar-refractivity contribution in [3.63, 3.8) is 0 Å². The van der Waals surface area contributed by atoms with E-state index in [4.69, 9.17) is 4.74 Å². The zero-order chi connectivity index (χ0) is 11.4. The van der Waals surface area contributed by atoms with Crippen molar-refractivity contribution in [1.82, 2.24) is 14.8 Å². The highest BCUT2D eigenvalue weighted by Gasteiger charge is 2.00. The van der Waals surface area contributed by atoms with E-state index in [2.05, 4.69) is 23.2 Å². The van der Waals surface area contributed by atoms with E-state index in [0.717, 1.165) is 18.5 Å². The van der Waals surface area contributed by atoms with E-state index in [1.807, 2.05) is 29.2 Å². The number of hydrogen-bond acceptors (Lipinski definition) is 3. The second-order valence-electron chi connectivity index (χ2n) is 3.59. The molecule has 0 aliphatic heterocycles. The van der Waals surface area contributed by atoms with Crippen LogP contribution in [0.15, 0.2) is 30.7 Å². The number of methoxy groups -OCH3 is 1. The highest BCUT2D eigenvalue weighted by atomic mass is 16.5. The topological polar surface area (TPSA) is 39.9 Å². The van der Waals surface area contributed by atoms with Gasteiger partial charge in [-0.15, -0.1) is 0 Å². The standard InChI is InChI=1S/C12H15N3O/c1-3-15-9-11(8-14-15)6-10-4-5-12(16-2)13-7-10/h4-5,7-9H,3,6H2,1-2H3. The predicted octanol–water partition coefficient (Wildman–Crippen LogP) is 1.90. The molecule has 4 heteroatoms. The number of aryl methyl sites for hydroxylation is 1. The molecule has 2 aromatic rings. The van der Waals surface area contributed by atoms with Gasteiger partial charge in [0.1, 0.15) is 0 Å². The molecule has 0 aromatic carbocycles. The van der Waals surface area contributed by atoms with Crippen LogP contribution in [-0.2, 0) is 13.0 Å². The molecule has 0 aliphatic rings. The van der Waals surface area contributed by atoms with Crippen LogP contribution in [0.3, 0.4) is 0 Å². The molecular weight excluding hydrogens is 202 g/mol. The van der Waals surface area contributed by atoms with E-state index in [0.29, 0.717) is 5.88 Å². The molecule has 0 spiro atoms. The van der Waals surface area contributed by atoms with Crippen LogP contribution < -0.4 is 4.74 Å². The van der Waals surface area contributed by atoms with Crippen LogP contribution in [0.1, 0.15) is 18.1 Å². The van der Waals surface area contributed by atoms with E-state index < -0.39 is 0 Å². The molecule has 2 heterocycles. The maximum atomic E-state index is 5.01. The summed E-state index contributed by atoms with van der Waals surface area (Å²) in [5, 5.41) is 4.24. The van der Waals surface area contributed by atoms with E-state index in [-0.39, 0.29) is 0 Å². The van der Waals surface area contributed by atoms with Crippen LogP contribution in [0, 0.1) is 0 Å². The Labute approximate surface area is 94.9 Å². The molecule has 2 aromatic heterocycles. The SMILES string of the molecule is CCn1cc(Cc2ccc(OC)nc2)cn1. The Morgan fingerprint density at radius 3 is 2.69 bits per heavy atom. The van der Waals surface area contributed by atoms with Gasteiger partial charge >= 0.3 is 0 Å². The molecule has 4 nitrogen and oxygen atoms in total. The van der Waals surface area contributed by atoms with Gasteiger partial charge in [0.05, 0.1) is 13.3 Å². The minimum atomic E-state index is 0.646. The number of aromatic nitrogens is 3. The third-order valence-electron chi connectivity index (χ3n) is 2.43. The lowest BCUT2D eigenvalue weighted by atomic mass is 10.1. The quantitative estimate of drug-likeness (QED) is 0.785. The van der Waals surface area contributed by atoms with Crippen LogP contribution in [0.25, 0.3) is 0 Å². The van der Waals surface area contributed by atoms with Crippen LogP contribution in [0.4, 0.5) is 0 Å². The van der Waals surface area contributed by atoms with Crippen molar-refractivity contribution in [2.24, 2.45) is 0 Å². The summed E-state index contributed by atoms with van der Waals surface area (Å²) in [6.07, 6.45) is 6.65. The zero-order valence-corrected chi connectivity index (χ0v) is 9.55. The molecule has 0 unspecified atom stereocenters. The molecule has 0 saturated carbocycles. The molecule has 0 N–H and O–H groups in total. The molecule has 2 rings (SSSR count). The lowest BCUT2D eigenvalue weighted by molar-refractivity contribution is 0.397. The third-order valence-corrected chi connectivity index (χ3v) is 2.43. The maximum Gasteiger partial charge on any atom is 0.212 e. The zero-order valence-electron chi connectivity index (χ0n) is 9.55. The first-order chi connectivity index (χ1) is 7.81. The van der Waals surface area contributed by atoms with E-state index in [1.165, 1.54) is 5.56 Å². The summed E-state index contributed by atoms with van der Waals surface area (Å²) in [5.41, 5.74) is 2.37. The van der Waals surface area contributed by atoms with E-state index in [9.17, 15) is 0 Å². The summed E-state index contributed by atoms with van der Waals surface area (Å²) in [7, 11) is 1.62. The Balaban J connectivity index is 2.08. The molecule has 16 heavy (non-hydrogen) atoms. The highest BCUT2D eigenvalue weighted by molar-refractivity contribution is 5.23. The molecule has 0 amide bonds. The van der Waals surface area contributed by atoms with Crippen LogP contribution >= 0.6 is 0 Å².